The first-order valence-corrected chi connectivity index (χ1v) is 9.36. The van der Waals surface area contributed by atoms with E-state index in [0.717, 1.165) is 12.1 Å². The number of phenols is 1. The molecule has 0 radical (unpaired) electrons. The number of hydrogen-bond donors (Lipinski definition) is 3. The Bertz CT molecular complexity index is 1070. The summed E-state index contributed by atoms with van der Waals surface area (Å²) in [6, 6.07) is 18.2. The van der Waals surface area contributed by atoms with Gasteiger partial charge >= 0.3 is 0 Å². The van der Waals surface area contributed by atoms with Gasteiger partial charge in [-0.05, 0) is 30.2 Å². The zero-order chi connectivity index (χ0) is 20.1. The number of carbonyl (C=O) groups is 1. The number of nitrogens with zero attached hydrogens (tertiary/aromatic N) is 3. The van der Waals surface area contributed by atoms with Crippen molar-refractivity contribution >= 4 is 5.91 Å². The maximum atomic E-state index is 12.9. The van der Waals surface area contributed by atoms with E-state index >= 15 is 0 Å². The Morgan fingerprint density at radius 2 is 1.93 bits per heavy atom. The van der Waals surface area contributed by atoms with Gasteiger partial charge in [-0.25, -0.2) is 4.98 Å². The molecule has 7 heteroatoms. The molecule has 0 aliphatic heterocycles. The lowest BCUT2D eigenvalue weighted by atomic mass is 10.0. The molecule has 0 saturated carbocycles. The maximum Gasteiger partial charge on any atom is 0.269 e. The van der Waals surface area contributed by atoms with Crippen molar-refractivity contribution in [3.05, 3.63) is 90.6 Å². The minimum Gasteiger partial charge on any atom is -0.507 e. The molecule has 29 heavy (non-hydrogen) atoms. The Morgan fingerprint density at radius 1 is 1.14 bits per heavy atom. The number of aromatic hydroxyl groups is 1. The number of carbonyl (C=O) groups excluding carboxylic acids is 1. The van der Waals surface area contributed by atoms with Gasteiger partial charge in [0.15, 0.2) is 0 Å². The molecule has 3 N–H and O–H groups in total. The third kappa shape index (κ3) is 4.35. The van der Waals surface area contributed by atoms with E-state index in [2.05, 4.69) is 20.5 Å². The van der Waals surface area contributed by atoms with Crippen molar-refractivity contribution in [1.29, 1.82) is 0 Å². The van der Waals surface area contributed by atoms with Crippen molar-refractivity contribution in [2.24, 2.45) is 0 Å². The topological polar surface area (TPSA) is 95.8 Å². The minimum absolute atomic E-state index is 0.119. The van der Waals surface area contributed by atoms with Crippen molar-refractivity contribution in [3.8, 4) is 17.0 Å². The number of H-pyrrole nitrogens is 1. The lowest BCUT2D eigenvalue weighted by molar-refractivity contribution is 0.0928. The molecule has 2 aromatic carbocycles. The van der Waals surface area contributed by atoms with Crippen molar-refractivity contribution in [1.82, 2.24) is 25.1 Å². The number of phenolic OH excluding ortho intramolecular Hbond substituents is 1. The van der Waals surface area contributed by atoms with E-state index in [0.29, 0.717) is 23.4 Å². The Labute approximate surface area is 168 Å². The van der Waals surface area contributed by atoms with Crippen LogP contribution < -0.4 is 5.32 Å². The Kier molecular flexibility index (Phi) is 5.38. The first kappa shape index (κ1) is 18.5. The molecule has 146 valence electrons. The van der Waals surface area contributed by atoms with Gasteiger partial charge < -0.3 is 15.0 Å². The van der Waals surface area contributed by atoms with Crippen LogP contribution in [0.15, 0.2) is 79.4 Å². The molecule has 0 aliphatic carbocycles. The van der Waals surface area contributed by atoms with Crippen LogP contribution >= 0.6 is 0 Å². The van der Waals surface area contributed by atoms with Gasteiger partial charge in [-0.1, -0.05) is 42.5 Å². The summed E-state index contributed by atoms with van der Waals surface area (Å²) >= 11 is 0. The third-order valence-electron chi connectivity index (χ3n) is 4.74. The van der Waals surface area contributed by atoms with Crippen LogP contribution in [0.5, 0.6) is 5.75 Å². The average molecular weight is 387 g/mol. The molecular weight excluding hydrogens is 366 g/mol. The molecule has 1 amide bonds. The van der Waals surface area contributed by atoms with Crippen molar-refractivity contribution in [3.63, 3.8) is 0 Å². The molecule has 2 aromatic heterocycles. The van der Waals surface area contributed by atoms with Crippen LogP contribution in [0.3, 0.4) is 0 Å². The quantitative estimate of drug-likeness (QED) is 0.452. The van der Waals surface area contributed by atoms with E-state index < -0.39 is 0 Å². The van der Waals surface area contributed by atoms with Gasteiger partial charge in [0.2, 0.25) is 0 Å². The normalized spacial score (nSPS) is 11.9. The minimum atomic E-state index is -0.251. The number of para-hydroxylation sites is 1. The summed E-state index contributed by atoms with van der Waals surface area (Å²) in [4.78, 5) is 16.9. The van der Waals surface area contributed by atoms with Crippen LogP contribution in [0.4, 0.5) is 0 Å². The summed E-state index contributed by atoms with van der Waals surface area (Å²) in [7, 11) is 0. The molecule has 0 spiro atoms. The number of aromatic nitrogens is 4. The fourth-order valence-electron chi connectivity index (χ4n) is 3.21. The van der Waals surface area contributed by atoms with Gasteiger partial charge in [-0.15, -0.1) is 0 Å². The molecule has 0 bridgehead atoms. The number of hydrogen-bond acceptors (Lipinski definition) is 4. The van der Waals surface area contributed by atoms with E-state index in [4.69, 9.17) is 0 Å². The highest BCUT2D eigenvalue weighted by atomic mass is 16.3. The largest absolute Gasteiger partial charge is 0.507 e. The number of nitrogens with one attached hydrogen (secondary N) is 2. The van der Waals surface area contributed by atoms with Gasteiger partial charge in [0.05, 0.1) is 18.1 Å². The highest BCUT2D eigenvalue weighted by Crippen LogP contribution is 2.27. The summed E-state index contributed by atoms with van der Waals surface area (Å²) in [5.74, 6) is -0.132. The van der Waals surface area contributed by atoms with Gasteiger partial charge in [0.25, 0.3) is 5.91 Å². The SMILES string of the molecule is O=C(N[C@H](CCn1ccnc1)c1ccccc1)c1cc(-c2ccccc2O)n[nH]1. The van der Waals surface area contributed by atoms with Gasteiger partial charge in [-0.2, -0.15) is 5.10 Å². The summed E-state index contributed by atoms with van der Waals surface area (Å²) in [5.41, 5.74) is 2.46. The average Bonchev–Trinajstić information content (AvgIpc) is 3.44. The summed E-state index contributed by atoms with van der Waals surface area (Å²) in [6.07, 6.45) is 6.11. The van der Waals surface area contributed by atoms with E-state index in [9.17, 15) is 9.90 Å². The monoisotopic (exact) mass is 387 g/mol. The third-order valence-corrected chi connectivity index (χ3v) is 4.74. The van der Waals surface area contributed by atoms with Crippen molar-refractivity contribution < 1.29 is 9.90 Å². The van der Waals surface area contributed by atoms with Crippen LogP contribution in [0.1, 0.15) is 28.5 Å². The zero-order valence-electron chi connectivity index (χ0n) is 15.7. The van der Waals surface area contributed by atoms with Crippen molar-refractivity contribution in [2.75, 3.05) is 0 Å². The van der Waals surface area contributed by atoms with E-state index in [1.54, 1.807) is 36.8 Å². The number of aromatic amines is 1. The Balaban J connectivity index is 1.51. The van der Waals surface area contributed by atoms with Crippen LogP contribution in [0.2, 0.25) is 0 Å². The fourth-order valence-corrected chi connectivity index (χ4v) is 3.21. The number of benzene rings is 2. The molecule has 4 rings (SSSR count). The number of rotatable bonds is 7. The molecule has 0 unspecified atom stereocenters. The molecule has 0 fully saturated rings. The Hall–Kier alpha value is -3.87. The summed E-state index contributed by atoms with van der Waals surface area (Å²) in [5, 5.41) is 20.0. The van der Waals surface area contributed by atoms with Crippen LogP contribution in [0, 0.1) is 0 Å². The fraction of sp³-hybridized carbons (Fsp3) is 0.136. The first-order chi connectivity index (χ1) is 14.2. The standard InChI is InChI=1S/C22H21N5O2/c28-21-9-5-4-8-17(21)19-14-20(26-25-19)22(29)24-18(16-6-2-1-3-7-16)10-12-27-13-11-23-15-27/h1-9,11,13-15,18,28H,10,12H2,(H,24,29)(H,25,26)/t18-/m1/s1. The molecule has 0 saturated heterocycles. The highest BCUT2D eigenvalue weighted by molar-refractivity contribution is 5.93. The second-order valence-electron chi connectivity index (χ2n) is 6.71. The van der Waals surface area contributed by atoms with Gasteiger partial charge in [0, 0.05) is 24.5 Å². The first-order valence-electron chi connectivity index (χ1n) is 9.36. The predicted molar refractivity (Wildman–Crippen MR) is 109 cm³/mol. The van der Waals surface area contributed by atoms with Gasteiger partial charge in [-0.3, -0.25) is 9.89 Å². The van der Waals surface area contributed by atoms with Crippen molar-refractivity contribution in [2.45, 2.75) is 19.0 Å². The molecule has 1 atom stereocenters. The van der Waals surface area contributed by atoms with Crippen LogP contribution in [-0.2, 0) is 6.54 Å². The van der Waals surface area contributed by atoms with Crippen LogP contribution in [-0.4, -0.2) is 30.8 Å². The molecule has 4 aromatic rings. The number of aryl methyl sites for hydroxylation is 1. The lowest BCUT2D eigenvalue weighted by Gasteiger charge is -2.19. The zero-order valence-corrected chi connectivity index (χ0v) is 15.7. The predicted octanol–water partition coefficient (Wildman–Crippen LogP) is 3.54. The number of imidazole rings is 1. The second kappa shape index (κ2) is 8.43. The molecule has 7 nitrogen and oxygen atoms in total. The van der Waals surface area contributed by atoms with Crippen LogP contribution in [0.25, 0.3) is 11.3 Å². The summed E-state index contributed by atoms with van der Waals surface area (Å²) in [6.45, 7) is 0.728. The van der Waals surface area contributed by atoms with E-state index in [-0.39, 0.29) is 17.7 Å². The maximum absolute atomic E-state index is 12.9. The van der Waals surface area contributed by atoms with E-state index in [1.165, 1.54) is 0 Å². The summed E-state index contributed by atoms with van der Waals surface area (Å²) < 4.78 is 1.98. The highest BCUT2D eigenvalue weighted by Gasteiger charge is 2.18. The molecule has 2 heterocycles. The Morgan fingerprint density at radius 3 is 2.69 bits per heavy atom. The molecule has 0 aliphatic rings. The smallest absolute Gasteiger partial charge is 0.269 e. The molecular formula is C22H21N5O2. The number of amides is 1. The van der Waals surface area contributed by atoms with E-state index in [1.807, 2.05) is 47.2 Å². The lowest BCUT2D eigenvalue weighted by Crippen LogP contribution is -2.29. The second-order valence-corrected chi connectivity index (χ2v) is 6.71. The van der Waals surface area contributed by atoms with Gasteiger partial charge in [0.1, 0.15) is 11.4 Å².